The van der Waals surface area contributed by atoms with E-state index in [4.69, 9.17) is 11.6 Å². The van der Waals surface area contributed by atoms with Crippen LogP contribution in [0.1, 0.15) is 23.0 Å². The Morgan fingerprint density at radius 1 is 1.29 bits per heavy atom. The van der Waals surface area contributed by atoms with Gasteiger partial charge in [0.25, 0.3) is 0 Å². The SMILES string of the molecule is CCn1c(C)cc(=O)c(C(=O)[O-])c1-c1ccc(Cl)cc1.[Na+]. The van der Waals surface area contributed by atoms with Gasteiger partial charge in [0.15, 0.2) is 5.43 Å². The minimum absolute atomic E-state index is 0. The molecule has 0 fully saturated rings. The van der Waals surface area contributed by atoms with Gasteiger partial charge in [-0.1, -0.05) is 23.7 Å². The zero-order valence-electron chi connectivity index (χ0n) is 12.1. The van der Waals surface area contributed by atoms with Gasteiger partial charge in [-0.2, -0.15) is 0 Å². The fourth-order valence-electron chi connectivity index (χ4n) is 2.28. The van der Waals surface area contributed by atoms with E-state index in [1.54, 1.807) is 35.8 Å². The number of carboxylic acids is 1. The summed E-state index contributed by atoms with van der Waals surface area (Å²) in [6, 6.07) is 8.00. The van der Waals surface area contributed by atoms with Crippen LogP contribution in [0.2, 0.25) is 5.02 Å². The normalized spacial score (nSPS) is 10.0. The standard InChI is InChI=1S/C15H14ClNO3.Na/c1-3-17-9(2)8-12(18)13(15(19)20)14(17)10-4-6-11(16)7-5-10;/h4-8H,3H2,1-2H3,(H,19,20);/q;+1/p-1. The van der Waals surface area contributed by atoms with Gasteiger partial charge in [-0.05, 0) is 31.5 Å². The molecule has 1 aromatic carbocycles. The minimum atomic E-state index is -1.47. The van der Waals surface area contributed by atoms with E-state index < -0.39 is 11.4 Å². The number of rotatable bonds is 3. The largest absolute Gasteiger partial charge is 1.00 e. The van der Waals surface area contributed by atoms with Crippen LogP contribution in [0, 0.1) is 6.92 Å². The molecule has 0 aliphatic rings. The second-order valence-electron chi connectivity index (χ2n) is 4.41. The van der Waals surface area contributed by atoms with Crippen molar-refractivity contribution in [2.75, 3.05) is 0 Å². The molecule has 2 aromatic rings. The molecule has 0 bridgehead atoms. The van der Waals surface area contributed by atoms with Crippen LogP contribution in [0.15, 0.2) is 35.1 Å². The third-order valence-corrected chi connectivity index (χ3v) is 3.41. The second-order valence-corrected chi connectivity index (χ2v) is 4.85. The van der Waals surface area contributed by atoms with Gasteiger partial charge in [-0.3, -0.25) is 4.79 Å². The topological polar surface area (TPSA) is 62.1 Å². The van der Waals surface area contributed by atoms with Gasteiger partial charge in [0, 0.05) is 23.3 Å². The number of carbonyl (C=O) groups is 1. The zero-order valence-corrected chi connectivity index (χ0v) is 14.9. The summed E-state index contributed by atoms with van der Waals surface area (Å²) in [5.74, 6) is -1.47. The third kappa shape index (κ3) is 3.58. The molecular weight excluding hydrogens is 301 g/mol. The maximum Gasteiger partial charge on any atom is 1.00 e. The van der Waals surface area contributed by atoms with Crippen LogP contribution >= 0.6 is 11.6 Å². The number of aromatic carboxylic acids is 1. The van der Waals surface area contributed by atoms with Crippen molar-refractivity contribution >= 4 is 17.6 Å². The Balaban J connectivity index is 0.00000220. The van der Waals surface area contributed by atoms with Gasteiger partial charge in [0.2, 0.25) is 0 Å². The Labute approximate surface area is 149 Å². The first-order chi connectivity index (χ1) is 9.45. The first-order valence-corrected chi connectivity index (χ1v) is 6.55. The molecule has 0 unspecified atom stereocenters. The summed E-state index contributed by atoms with van der Waals surface area (Å²) in [6.07, 6.45) is 0. The predicted molar refractivity (Wildman–Crippen MR) is 75.9 cm³/mol. The summed E-state index contributed by atoms with van der Waals surface area (Å²) >= 11 is 5.84. The molecule has 1 aromatic heterocycles. The Morgan fingerprint density at radius 2 is 1.86 bits per heavy atom. The van der Waals surface area contributed by atoms with Crippen molar-refractivity contribution < 1.29 is 39.5 Å². The summed E-state index contributed by atoms with van der Waals surface area (Å²) in [6.45, 7) is 4.20. The maximum atomic E-state index is 12.0. The Morgan fingerprint density at radius 3 is 2.33 bits per heavy atom. The number of halogens is 1. The van der Waals surface area contributed by atoms with Crippen molar-refractivity contribution in [2.45, 2.75) is 20.4 Å². The van der Waals surface area contributed by atoms with Gasteiger partial charge < -0.3 is 14.5 Å². The van der Waals surface area contributed by atoms with E-state index in [1.165, 1.54) is 6.07 Å². The number of pyridine rings is 1. The number of aryl methyl sites for hydroxylation is 1. The molecule has 0 amide bonds. The molecule has 2 rings (SSSR count). The van der Waals surface area contributed by atoms with Crippen molar-refractivity contribution in [1.29, 1.82) is 0 Å². The van der Waals surface area contributed by atoms with Gasteiger partial charge >= 0.3 is 29.6 Å². The monoisotopic (exact) mass is 313 g/mol. The molecule has 0 radical (unpaired) electrons. The van der Waals surface area contributed by atoms with Crippen LogP contribution < -0.4 is 40.1 Å². The molecule has 21 heavy (non-hydrogen) atoms. The molecular formula is C15H13ClNNaO3. The second kappa shape index (κ2) is 7.27. The van der Waals surface area contributed by atoms with Crippen LogP contribution in [0.25, 0.3) is 11.3 Å². The van der Waals surface area contributed by atoms with Gasteiger partial charge in [0.1, 0.15) is 0 Å². The molecule has 4 nitrogen and oxygen atoms in total. The number of nitrogens with zero attached hydrogens (tertiary/aromatic N) is 1. The van der Waals surface area contributed by atoms with E-state index in [9.17, 15) is 14.7 Å². The smallest absolute Gasteiger partial charge is 0.545 e. The molecule has 104 valence electrons. The third-order valence-electron chi connectivity index (χ3n) is 3.16. The van der Waals surface area contributed by atoms with Gasteiger partial charge in [-0.15, -0.1) is 0 Å². The number of aromatic nitrogens is 1. The van der Waals surface area contributed by atoms with E-state index >= 15 is 0 Å². The quantitative estimate of drug-likeness (QED) is 0.673. The van der Waals surface area contributed by atoms with Crippen LogP contribution in [0.4, 0.5) is 0 Å². The fraction of sp³-hybridized carbons (Fsp3) is 0.200. The Kier molecular flexibility index (Phi) is 6.23. The van der Waals surface area contributed by atoms with Gasteiger partial charge in [-0.25, -0.2) is 0 Å². The first-order valence-electron chi connectivity index (χ1n) is 6.17. The van der Waals surface area contributed by atoms with E-state index in [2.05, 4.69) is 0 Å². The average Bonchev–Trinajstić information content (AvgIpc) is 2.38. The molecule has 0 saturated heterocycles. The van der Waals surface area contributed by atoms with E-state index in [-0.39, 0.29) is 35.1 Å². The summed E-state index contributed by atoms with van der Waals surface area (Å²) in [7, 11) is 0. The first kappa shape index (κ1) is 18.0. The molecule has 0 spiro atoms. The van der Waals surface area contributed by atoms with Crippen molar-refractivity contribution in [1.82, 2.24) is 4.57 Å². The molecule has 0 aliphatic carbocycles. The number of hydrogen-bond acceptors (Lipinski definition) is 3. The molecule has 1 heterocycles. The zero-order chi connectivity index (χ0) is 14.9. The Bertz CT molecular complexity index is 723. The molecule has 0 saturated carbocycles. The average molecular weight is 314 g/mol. The molecule has 0 atom stereocenters. The summed E-state index contributed by atoms with van der Waals surface area (Å²) < 4.78 is 1.77. The van der Waals surface area contributed by atoms with Crippen LogP contribution in [-0.4, -0.2) is 10.5 Å². The van der Waals surface area contributed by atoms with Crippen LogP contribution in [0.5, 0.6) is 0 Å². The predicted octanol–water partition coefficient (Wildman–Crippen LogP) is -1.14. The maximum absolute atomic E-state index is 12.0. The van der Waals surface area contributed by atoms with Crippen LogP contribution in [-0.2, 0) is 6.54 Å². The number of benzene rings is 1. The Hall–Kier alpha value is -1.07. The summed E-state index contributed by atoms with van der Waals surface area (Å²) in [5.41, 5.74) is 0.815. The minimum Gasteiger partial charge on any atom is -0.545 e. The fourth-order valence-corrected chi connectivity index (χ4v) is 2.41. The molecule has 0 N–H and O–H groups in total. The van der Waals surface area contributed by atoms with Crippen molar-refractivity contribution in [3.05, 3.63) is 56.8 Å². The summed E-state index contributed by atoms with van der Waals surface area (Å²) in [4.78, 5) is 23.3. The van der Waals surface area contributed by atoms with E-state index in [0.29, 0.717) is 28.5 Å². The molecule has 0 aliphatic heterocycles. The van der Waals surface area contributed by atoms with E-state index in [1.807, 2.05) is 6.92 Å². The van der Waals surface area contributed by atoms with E-state index in [0.717, 1.165) is 0 Å². The molecule has 6 heteroatoms. The van der Waals surface area contributed by atoms with Crippen molar-refractivity contribution in [3.63, 3.8) is 0 Å². The van der Waals surface area contributed by atoms with Crippen molar-refractivity contribution in [3.8, 4) is 11.3 Å². The van der Waals surface area contributed by atoms with Gasteiger partial charge in [0.05, 0.1) is 17.2 Å². The number of carbonyl (C=O) groups excluding carboxylic acids is 1. The number of carboxylic acid groups (broad SMARTS) is 1. The number of hydrogen-bond donors (Lipinski definition) is 0. The van der Waals surface area contributed by atoms with Crippen LogP contribution in [0.3, 0.4) is 0 Å². The summed E-state index contributed by atoms with van der Waals surface area (Å²) in [5, 5.41) is 11.9. The van der Waals surface area contributed by atoms with Crippen molar-refractivity contribution in [2.24, 2.45) is 0 Å².